The topological polar surface area (TPSA) is 51.1 Å². The number of nitrogens with one attached hydrogen (secondary N) is 1. The smallest absolute Gasteiger partial charge is 0.308 e. The summed E-state index contributed by atoms with van der Waals surface area (Å²) in [5, 5.41) is 3.96. The van der Waals surface area contributed by atoms with Gasteiger partial charge in [0, 0.05) is 21.2 Å². The van der Waals surface area contributed by atoms with Crippen molar-refractivity contribution in [1.82, 2.24) is 4.57 Å². The van der Waals surface area contributed by atoms with Crippen molar-refractivity contribution in [3.05, 3.63) is 44.4 Å². The highest BCUT2D eigenvalue weighted by Crippen LogP contribution is 2.58. The van der Waals surface area contributed by atoms with Gasteiger partial charge in [0.1, 0.15) is 6.54 Å². The zero-order valence-electron chi connectivity index (χ0n) is 17.0. The van der Waals surface area contributed by atoms with Crippen molar-refractivity contribution in [2.45, 2.75) is 69.2 Å². The summed E-state index contributed by atoms with van der Waals surface area (Å²) in [5.41, 5.74) is 1.87. The van der Waals surface area contributed by atoms with Gasteiger partial charge in [0.05, 0.1) is 5.03 Å². The van der Waals surface area contributed by atoms with Crippen LogP contribution in [0.5, 0.6) is 0 Å². The van der Waals surface area contributed by atoms with Gasteiger partial charge in [0.15, 0.2) is 0 Å². The second-order valence-electron chi connectivity index (χ2n) is 8.88. The first-order chi connectivity index (χ1) is 13.2. The Morgan fingerprint density at radius 3 is 2.86 bits per heavy atom. The third-order valence-electron chi connectivity index (χ3n) is 6.18. The Hall–Kier alpha value is -1.53. The molecule has 2 aromatic rings. The molecular formula is C22H28N2O2S2. The van der Waals surface area contributed by atoms with E-state index in [4.69, 9.17) is 0 Å². The molecule has 0 spiro atoms. The number of rotatable bonds is 3. The normalized spacial score (nSPS) is 25.6. The van der Waals surface area contributed by atoms with E-state index in [1.165, 1.54) is 29.1 Å². The van der Waals surface area contributed by atoms with Gasteiger partial charge in [-0.1, -0.05) is 50.7 Å². The molecule has 6 heteroatoms. The third kappa shape index (κ3) is 3.69. The van der Waals surface area contributed by atoms with Gasteiger partial charge < -0.3 is 5.32 Å². The summed E-state index contributed by atoms with van der Waals surface area (Å²) in [7, 11) is 0. The largest absolute Gasteiger partial charge is 0.325 e. The molecule has 1 aromatic heterocycles. The quantitative estimate of drug-likeness (QED) is 0.742. The van der Waals surface area contributed by atoms with Crippen molar-refractivity contribution < 1.29 is 4.79 Å². The first-order valence-corrected chi connectivity index (χ1v) is 11.7. The number of hydrogen-bond acceptors (Lipinski definition) is 4. The summed E-state index contributed by atoms with van der Waals surface area (Å²) < 4.78 is 1.78. The van der Waals surface area contributed by atoms with E-state index in [9.17, 15) is 9.59 Å². The van der Waals surface area contributed by atoms with E-state index in [-0.39, 0.29) is 22.1 Å². The van der Waals surface area contributed by atoms with E-state index in [1.807, 2.05) is 31.2 Å². The molecule has 1 aliphatic carbocycles. The van der Waals surface area contributed by atoms with Crippen LogP contribution in [-0.4, -0.2) is 15.2 Å². The molecule has 4 rings (SSSR count). The lowest BCUT2D eigenvalue weighted by Crippen LogP contribution is -2.39. The fourth-order valence-electron chi connectivity index (χ4n) is 4.78. The Bertz CT molecular complexity index is 960. The summed E-state index contributed by atoms with van der Waals surface area (Å²) >= 11 is 3.16. The number of aromatic nitrogens is 1. The van der Waals surface area contributed by atoms with E-state index in [2.05, 4.69) is 26.1 Å². The van der Waals surface area contributed by atoms with Crippen LogP contribution in [0.3, 0.4) is 0 Å². The van der Waals surface area contributed by atoms with E-state index in [1.54, 1.807) is 16.3 Å². The molecule has 0 radical (unpaired) electrons. The van der Waals surface area contributed by atoms with Crippen molar-refractivity contribution in [1.29, 1.82) is 0 Å². The minimum atomic E-state index is -0.147. The van der Waals surface area contributed by atoms with Gasteiger partial charge in [0.2, 0.25) is 5.91 Å². The maximum absolute atomic E-state index is 12.8. The first kappa shape index (κ1) is 19.8. The number of thioether (sulfide) groups is 1. The number of anilines is 1. The molecule has 2 heterocycles. The van der Waals surface area contributed by atoms with Crippen LogP contribution in [0.1, 0.15) is 56.4 Å². The molecule has 1 fully saturated rings. The van der Waals surface area contributed by atoms with Gasteiger partial charge in [-0.2, -0.15) is 0 Å². The lowest BCUT2D eigenvalue weighted by molar-refractivity contribution is -0.116. The van der Waals surface area contributed by atoms with Crippen LogP contribution >= 0.6 is 23.1 Å². The van der Waals surface area contributed by atoms with Crippen LogP contribution in [0, 0.1) is 18.8 Å². The molecule has 0 bridgehead atoms. The van der Waals surface area contributed by atoms with Crippen molar-refractivity contribution in [2.24, 2.45) is 11.8 Å². The predicted molar refractivity (Wildman–Crippen MR) is 118 cm³/mol. The molecule has 1 aliphatic heterocycles. The van der Waals surface area contributed by atoms with Crippen LogP contribution in [0.2, 0.25) is 0 Å². The summed E-state index contributed by atoms with van der Waals surface area (Å²) in [5.74, 6) is 1.61. The maximum Gasteiger partial charge on any atom is 0.308 e. The Kier molecular flexibility index (Phi) is 5.21. The molecule has 28 heavy (non-hydrogen) atoms. The van der Waals surface area contributed by atoms with Crippen LogP contribution in [-0.2, 0) is 11.3 Å². The molecule has 2 aliphatic rings. The van der Waals surface area contributed by atoms with E-state index < -0.39 is 0 Å². The summed E-state index contributed by atoms with van der Waals surface area (Å²) in [6.45, 7) is 8.99. The van der Waals surface area contributed by atoms with Gasteiger partial charge in [0.25, 0.3) is 0 Å². The second kappa shape index (κ2) is 7.38. The van der Waals surface area contributed by atoms with E-state index >= 15 is 0 Å². The summed E-state index contributed by atoms with van der Waals surface area (Å²) in [6.07, 6.45) is 3.65. The number of hydrogen-bond donors (Lipinski definition) is 1. The van der Waals surface area contributed by atoms with Gasteiger partial charge in [-0.05, 0) is 49.3 Å². The standard InChI is InChI=1S/C22H28N2O2S2/c1-13-6-5-7-15(10-13)23-18(25)12-24-20-19(27-21(24)26)16-11-14(2)8-9-17(16)22(3,4)28-20/h5-7,10,14,16-17H,8-9,11-12H2,1-4H3,(H,23,25)/t14-,16-,17-/m1/s1. The average Bonchev–Trinajstić information content (AvgIpc) is 2.90. The van der Waals surface area contributed by atoms with Gasteiger partial charge in [-0.25, -0.2) is 0 Å². The van der Waals surface area contributed by atoms with Crippen molar-refractivity contribution >= 4 is 34.7 Å². The zero-order valence-corrected chi connectivity index (χ0v) is 18.6. The molecular weight excluding hydrogens is 388 g/mol. The molecule has 0 unspecified atom stereocenters. The number of fused-ring (bicyclic) bond motifs is 3. The number of nitrogens with zero attached hydrogens (tertiary/aromatic N) is 1. The molecule has 0 saturated heterocycles. The number of carbonyl (C=O) groups is 1. The molecule has 1 saturated carbocycles. The summed E-state index contributed by atoms with van der Waals surface area (Å²) in [4.78, 5) is 26.7. The number of benzene rings is 1. The fraction of sp³-hybridized carbons (Fsp3) is 0.545. The number of thiazole rings is 1. The van der Waals surface area contributed by atoms with E-state index in [0.717, 1.165) is 22.7 Å². The first-order valence-electron chi connectivity index (χ1n) is 10.0. The zero-order chi connectivity index (χ0) is 20.1. The van der Waals surface area contributed by atoms with Crippen molar-refractivity contribution in [2.75, 3.05) is 5.32 Å². The molecule has 3 atom stereocenters. The van der Waals surface area contributed by atoms with Crippen LogP contribution in [0.15, 0.2) is 34.1 Å². The van der Waals surface area contributed by atoms with Crippen LogP contribution in [0.4, 0.5) is 5.69 Å². The maximum atomic E-state index is 12.8. The SMILES string of the molecule is Cc1cccc(NC(=O)Cn2c3c(sc2=O)[C@@H]2C[C@H](C)CC[C@H]2C(C)(C)S3)c1. The Morgan fingerprint density at radius 1 is 1.32 bits per heavy atom. The van der Waals surface area contributed by atoms with Crippen LogP contribution in [0.25, 0.3) is 0 Å². The molecule has 4 nitrogen and oxygen atoms in total. The minimum absolute atomic E-state index is 0.00781. The number of aryl methyl sites for hydroxylation is 1. The Morgan fingerprint density at radius 2 is 2.11 bits per heavy atom. The lowest BCUT2D eigenvalue weighted by atomic mass is 9.69. The Balaban J connectivity index is 1.62. The van der Waals surface area contributed by atoms with E-state index in [0.29, 0.717) is 17.8 Å². The fourth-order valence-corrected chi connectivity index (χ4v) is 7.59. The highest BCUT2D eigenvalue weighted by atomic mass is 32.2. The minimum Gasteiger partial charge on any atom is -0.325 e. The highest BCUT2D eigenvalue weighted by Gasteiger charge is 2.47. The molecule has 1 amide bonds. The van der Waals surface area contributed by atoms with Crippen molar-refractivity contribution in [3.63, 3.8) is 0 Å². The molecule has 150 valence electrons. The predicted octanol–water partition coefficient (Wildman–Crippen LogP) is 5.26. The molecule has 1 aromatic carbocycles. The average molecular weight is 417 g/mol. The lowest BCUT2D eigenvalue weighted by Gasteiger charge is -2.47. The van der Waals surface area contributed by atoms with Gasteiger partial charge in [-0.15, -0.1) is 11.8 Å². The number of amides is 1. The molecule has 1 N–H and O–H groups in total. The monoisotopic (exact) mass is 416 g/mol. The number of carbonyl (C=O) groups excluding carboxylic acids is 1. The Labute approximate surface area is 174 Å². The van der Waals surface area contributed by atoms with Gasteiger partial charge >= 0.3 is 4.87 Å². The van der Waals surface area contributed by atoms with Crippen molar-refractivity contribution in [3.8, 4) is 0 Å². The highest BCUT2D eigenvalue weighted by molar-refractivity contribution is 8.00. The summed E-state index contributed by atoms with van der Waals surface area (Å²) in [6, 6.07) is 7.74. The van der Waals surface area contributed by atoms with Gasteiger partial charge in [-0.3, -0.25) is 14.2 Å². The second-order valence-corrected chi connectivity index (χ2v) is 11.5. The van der Waals surface area contributed by atoms with Crippen LogP contribution < -0.4 is 10.2 Å². The third-order valence-corrected chi connectivity index (χ3v) is 8.88.